The molecule has 0 bridgehead atoms. The van der Waals surface area contributed by atoms with Crippen LogP contribution in [0.1, 0.15) is 5.56 Å². The average molecular weight is 228 g/mol. The Morgan fingerprint density at radius 1 is 1.12 bits per heavy atom. The first-order valence-electron chi connectivity index (χ1n) is 5.25. The van der Waals surface area contributed by atoms with E-state index in [1.165, 1.54) is 12.7 Å². The highest BCUT2D eigenvalue weighted by molar-refractivity contribution is 5.79. The third kappa shape index (κ3) is 3.98. The second-order valence-corrected chi connectivity index (χ2v) is 3.22. The molecule has 5 heteroatoms. The van der Waals surface area contributed by atoms with Crippen LogP contribution >= 0.6 is 0 Å². The zero-order valence-electron chi connectivity index (χ0n) is 9.23. The van der Waals surface area contributed by atoms with Crippen molar-refractivity contribution in [2.75, 3.05) is 13.2 Å². The van der Waals surface area contributed by atoms with Crippen molar-refractivity contribution < 1.29 is 4.74 Å². The molecule has 0 spiro atoms. The SMILES string of the molecule is C(=NCCOc1ncncn1)c1ccccc1. The summed E-state index contributed by atoms with van der Waals surface area (Å²) in [7, 11) is 0. The maximum absolute atomic E-state index is 5.27. The van der Waals surface area contributed by atoms with Crippen molar-refractivity contribution in [1.29, 1.82) is 0 Å². The highest BCUT2D eigenvalue weighted by atomic mass is 16.5. The van der Waals surface area contributed by atoms with Crippen LogP contribution in [-0.4, -0.2) is 34.3 Å². The molecule has 1 aromatic heterocycles. The lowest BCUT2D eigenvalue weighted by molar-refractivity contribution is 0.301. The predicted octanol–water partition coefficient (Wildman–Crippen LogP) is 1.37. The fraction of sp³-hybridized carbons (Fsp3) is 0.167. The molecule has 0 amide bonds. The van der Waals surface area contributed by atoms with Crippen molar-refractivity contribution in [2.45, 2.75) is 0 Å². The lowest BCUT2D eigenvalue weighted by atomic mass is 10.2. The Bertz CT molecular complexity index is 458. The minimum Gasteiger partial charge on any atom is -0.461 e. The zero-order chi connectivity index (χ0) is 11.8. The standard InChI is InChI=1S/C12H12N4O/c1-2-4-11(5-3-1)8-13-6-7-17-12-15-9-14-10-16-12/h1-5,8-10H,6-7H2. The number of benzene rings is 1. The molecule has 0 aliphatic heterocycles. The van der Waals surface area contributed by atoms with E-state index in [4.69, 9.17) is 4.74 Å². The summed E-state index contributed by atoms with van der Waals surface area (Å²) >= 11 is 0. The topological polar surface area (TPSA) is 60.3 Å². The van der Waals surface area contributed by atoms with Gasteiger partial charge in [-0.05, 0) is 5.56 Å². The van der Waals surface area contributed by atoms with Gasteiger partial charge in [0.05, 0.1) is 6.54 Å². The second-order valence-electron chi connectivity index (χ2n) is 3.22. The van der Waals surface area contributed by atoms with Crippen LogP contribution in [0.15, 0.2) is 48.0 Å². The Morgan fingerprint density at radius 2 is 1.88 bits per heavy atom. The largest absolute Gasteiger partial charge is 0.461 e. The smallest absolute Gasteiger partial charge is 0.319 e. The van der Waals surface area contributed by atoms with Crippen LogP contribution in [0.5, 0.6) is 6.01 Å². The first-order chi connectivity index (χ1) is 8.45. The third-order valence-corrected chi connectivity index (χ3v) is 1.96. The lowest BCUT2D eigenvalue weighted by Gasteiger charge is -1.99. The Hall–Kier alpha value is -2.30. The fourth-order valence-corrected chi connectivity index (χ4v) is 1.20. The number of hydrogen-bond donors (Lipinski definition) is 0. The maximum Gasteiger partial charge on any atom is 0.319 e. The quantitative estimate of drug-likeness (QED) is 0.573. The molecule has 17 heavy (non-hydrogen) atoms. The molecule has 0 unspecified atom stereocenters. The lowest BCUT2D eigenvalue weighted by Crippen LogP contribution is -2.04. The minimum absolute atomic E-state index is 0.329. The van der Waals surface area contributed by atoms with Gasteiger partial charge in [-0.15, -0.1) is 0 Å². The van der Waals surface area contributed by atoms with Gasteiger partial charge in [-0.25, -0.2) is 4.98 Å². The normalized spacial score (nSPS) is 10.6. The fourth-order valence-electron chi connectivity index (χ4n) is 1.20. The van der Waals surface area contributed by atoms with E-state index in [0.29, 0.717) is 19.2 Å². The number of hydrogen-bond acceptors (Lipinski definition) is 5. The van der Waals surface area contributed by atoms with Crippen molar-refractivity contribution >= 4 is 6.21 Å². The van der Waals surface area contributed by atoms with E-state index in [-0.39, 0.29) is 0 Å². The molecule has 0 radical (unpaired) electrons. The van der Waals surface area contributed by atoms with Crippen LogP contribution in [0.25, 0.3) is 0 Å². The number of nitrogens with zero attached hydrogens (tertiary/aromatic N) is 4. The molecule has 5 nitrogen and oxygen atoms in total. The van der Waals surface area contributed by atoms with Gasteiger partial charge in [-0.3, -0.25) is 4.99 Å². The number of aliphatic imine (C=N–C) groups is 1. The molecule has 1 aromatic carbocycles. The van der Waals surface area contributed by atoms with Crippen LogP contribution in [0, 0.1) is 0 Å². The minimum atomic E-state index is 0.329. The molecule has 0 fully saturated rings. The number of rotatable bonds is 5. The predicted molar refractivity (Wildman–Crippen MR) is 64.2 cm³/mol. The van der Waals surface area contributed by atoms with Crippen molar-refractivity contribution in [3.05, 3.63) is 48.5 Å². The van der Waals surface area contributed by atoms with Crippen LogP contribution < -0.4 is 4.74 Å². The van der Waals surface area contributed by atoms with Gasteiger partial charge in [-0.2, -0.15) is 9.97 Å². The van der Waals surface area contributed by atoms with Crippen LogP contribution in [0.4, 0.5) is 0 Å². The first kappa shape index (κ1) is 11.2. The monoisotopic (exact) mass is 228 g/mol. The van der Waals surface area contributed by atoms with E-state index in [1.54, 1.807) is 0 Å². The molecule has 2 aromatic rings. The van der Waals surface area contributed by atoms with Crippen molar-refractivity contribution in [1.82, 2.24) is 15.0 Å². The van der Waals surface area contributed by atoms with E-state index in [1.807, 2.05) is 36.5 Å². The molecule has 2 rings (SSSR count). The second kappa shape index (κ2) is 6.32. The van der Waals surface area contributed by atoms with Crippen molar-refractivity contribution in [2.24, 2.45) is 4.99 Å². The van der Waals surface area contributed by atoms with E-state index in [9.17, 15) is 0 Å². The van der Waals surface area contributed by atoms with Crippen molar-refractivity contribution in [3.63, 3.8) is 0 Å². The molecular formula is C12H12N4O. The summed E-state index contributed by atoms with van der Waals surface area (Å²) in [6.07, 6.45) is 4.61. The van der Waals surface area contributed by atoms with Gasteiger partial charge in [-0.1, -0.05) is 30.3 Å². The Balaban J connectivity index is 1.72. The van der Waals surface area contributed by atoms with Crippen molar-refractivity contribution in [3.8, 4) is 6.01 Å². The molecular weight excluding hydrogens is 216 g/mol. The van der Waals surface area contributed by atoms with Gasteiger partial charge in [0.25, 0.3) is 0 Å². The molecule has 0 aliphatic carbocycles. The Kier molecular flexibility index (Phi) is 4.16. The number of aromatic nitrogens is 3. The summed E-state index contributed by atoms with van der Waals surface area (Å²) in [5.74, 6) is 0. The van der Waals surface area contributed by atoms with Crippen LogP contribution in [-0.2, 0) is 0 Å². The highest BCUT2D eigenvalue weighted by Gasteiger charge is 1.93. The third-order valence-electron chi connectivity index (χ3n) is 1.96. The molecule has 0 saturated heterocycles. The summed E-state index contributed by atoms with van der Waals surface area (Å²) in [4.78, 5) is 15.6. The van der Waals surface area contributed by atoms with Crippen LogP contribution in [0.2, 0.25) is 0 Å². The molecule has 0 atom stereocenters. The Morgan fingerprint density at radius 3 is 2.65 bits per heavy atom. The van der Waals surface area contributed by atoms with Gasteiger partial charge in [0, 0.05) is 6.21 Å². The highest BCUT2D eigenvalue weighted by Crippen LogP contribution is 1.96. The van der Waals surface area contributed by atoms with Gasteiger partial charge in [0.2, 0.25) is 0 Å². The summed E-state index contributed by atoms with van der Waals surface area (Å²) in [6.45, 7) is 1.02. The van der Waals surface area contributed by atoms with Gasteiger partial charge >= 0.3 is 6.01 Å². The molecule has 86 valence electrons. The summed E-state index contributed by atoms with van der Waals surface area (Å²) in [5, 5.41) is 0. The summed E-state index contributed by atoms with van der Waals surface area (Å²) in [5.41, 5.74) is 1.08. The van der Waals surface area contributed by atoms with E-state index < -0.39 is 0 Å². The molecule has 0 saturated carbocycles. The number of ether oxygens (including phenoxy) is 1. The summed E-state index contributed by atoms with van der Waals surface area (Å²) in [6, 6.07) is 10.2. The van der Waals surface area contributed by atoms with Gasteiger partial charge < -0.3 is 4.74 Å². The Labute approximate surface area is 99.3 Å². The van der Waals surface area contributed by atoms with E-state index in [0.717, 1.165) is 5.56 Å². The first-order valence-corrected chi connectivity index (χ1v) is 5.25. The molecule has 0 N–H and O–H groups in total. The van der Waals surface area contributed by atoms with Gasteiger partial charge in [0.1, 0.15) is 19.3 Å². The average Bonchev–Trinajstić information content (AvgIpc) is 2.41. The van der Waals surface area contributed by atoms with Crippen LogP contribution in [0.3, 0.4) is 0 Å². The van der Waals surface area contributed by atoms with Gasteiger partial charge in [0.15, 0.2) is 0 Å². The maximum atomic E-state index is 5.27. The van der Waals surface area contributed by atoms with E-state index >= 15 is 0 Å². The van der Waals surface area contributed by atoms with E-state index in [2.05, 4.69) is 19.9 Å². The zero-order valence-corrected chi connectivity index (χ0v) is 9.23. The summed E-state index contributed by atoms with van der Waals surface area (Å²) < 4.78 is 5.27. The molecule has 1 heterocycles. The molecule has 0 aliphatic rings.